The summed E-state index contributed by atoms with van der Waals surface area (Å²) in [7, 11) is 3.43. The van der Waals surface area contributed by atoms with Crippen molar-refractivity contribution in [1.82, 2.24) is 20.5 Å². The molecule has 21 heavy (non-hydrogen) atoms. The molecule has 0 aliphatic heterocycles. The predicted octanol–water partition coefficient (Wildman–Crippen LogP) is 1.98. The largest absolute Gasteiger partial charge is 0.489 e. The molecule has 1 unspecified atom stereocenters. The molecule has 2 heterocycles. The third kappa shape index (κ3) is 3.88. The van der Waals surface area contributed by atoms with Crippen LogP contribution in [0.4, 0.5) is 0 Å². The van der Waals surface area contributed by atoms with Crippen LogP contribution in [-0.4, -0.2) is 35.4 Å². The third-order valence-electron chi connectivity index (χ3n) is 2.89. The third-order valence-corrected chi connectivity index (χ3v) is 2.89. The highest BCUT2D eigenvalue weighted by atomic mass is 16.5. The second-order valence-corrected chi connectivity index (χ2v) is 4.84. The zero-order valence-electron chi connectivity index (χ0n) is 12.7. The number of methoxy groups -OCH3 is 1. The summed E-state index contributed by atoms with van der Waals surface area (Å²) in [6.07, 6.45) is 3.60. The van der Waals surface area contributed by atoms with Crippen molar-refractivity contribution in [2.45, 2.75) is 26.0 Å². The monoisotopic (exact) mass is 288 g/mol. The number of pyridine rings is 1. The van der Waals surface area contributed by atoms with Crippen LogP contribution in [0.1, 0.15) is 31.1 Å². The number of nitrogens with one attached hydrogen (secondary N) is 1. The summed E-state index contributed by atoms with van der Waals surface area (Å²) in [5.74, 6) is 1.23. The molecular weight excluding hydrogens is 268 g/mol. The summed E-state index contributed by atoms with van der Waals surface area (Å²) < 4.78 is 10.7. The average Bonchev–Trinajstić information content (AvgIpc) is 2.48. The molecule has 2 rings (SSSR count). The first kappa shape index (κ1) is 15.2. The van der Waals surface area contributed by atoms with Crippen molar-refractivity contribution in [3.05, 3.63) is 41.9 Å². The number of aromatic nitrogens is 3. The molecule has 0 aliphatic carbocycles. The quantitative estimate of drug-likeness (QED) is 0.876. The van der Waals surface area contributed by atoms with Crippen molar-refractivity contribution < 1.29 is 9.47 Å². The van der Waals surface area contributed by atoms with Crippen LogP contribution in [0, 0.1) is 0 Å². The van der Waals surface area contributed by atoms with Gasteiger partial charge in [0.2, 0.25) is 5.88 Å². The molecule has 0 bridgehead atoms. The van der Waals surface area contributed by atoms with Gasteiger partial charge in [-0.15, -0.1) is 10.2 Å². The van der Waals surface area contributed by atoms with Crippen LogP contribution in [0.3, 0.4) is 0 Å². The molecule has 2 aromatic heterocycles. The lowest BCUT2D eigenvalue weighted by molar-refractivity contribution is 0.241. The van der Waals surface area contributed by atoms with Gasteiger partial charge >= 0.3 is 0 Å². The molecular formula is C15H20N4O2. The molecule has 0 aliphatic rings. The topological polar surface area (TPSA) is 69.2 Å². The molecule has 6 nitrogen and oxygen atoms in total. The number of hydrogen-bond acceptors (Lipinski definition) is 6. The van der Waals surface area contributed by atoms with Crippen LogP contribution in [0.5, 0.6) is 11.6 Å². The lowest BCUT2D eigenvalue weighted by Crippen LogP contribution is -2.20. The molecule has 1 N–H and O–H groups in total. The number of ether oxygens (including phenoxy) is 2. The summed E-state index contributed by atoms with van der Waals surface area (Å²) in [6.45, 7) is 3.97. The van der Waals surface area contributed by atoms with Gasteiger partial charge in [0.25, 0.3) is 0 Å². The summed E-state index contributed by atoms with van der Waals surface area (Å²) in [6, 6.07) is 5.52. The van der Waals surface area contributed by atoms with E-state index in [1.807, 2.05) is 33.0 Å². The molecule has 0 saturated heterocycles. The van der Waals surface area contributed by atoms with Crippen LogP contribution in [0.25, 0.3) is 0 Å². The Morgan fingerprint density at radius 2 is 1.95 bits per heavy atom. The number of nitrogens with zero attached hydrogens (tertiary/aromatic N) is 3. The smallest absolute Gasteiger partial charge is 0.233 e. The molecule has 2 aromatic rings. The highest BCUT2D eigenvalue weighted by Crippen LogP contribution is 2.23. The number of rotatable bonds is 6. The Balaban J connectivity index is 2.27. The minimum absolute atomic E-state index is 0.105. The fraction of sp³-hybridized carbons (Fsp3) is 0.400. The lowest BCUT2D eigenvalue weighted by Gasteiger charge is -2.17. The average molecular weight is 288 g/mol. The van der Waals surface area contributed by atoms with E-state index in [1.165, 1.54) is 0 Å². The Labute approximate surface area is 124 Å². The van der Waals surface area contributed by atoms with Gasteiger partial charge in [-0.3, -0.25) is 4.98 Å². The van der Waals surface area contributed by atoms with Crippen molar-refractivity contribution >= 4 is 0 Å². The van der Waals surface area contributed by atoms with Crippen LogP contribution in [0.15, 0.2) is 30.6 Å². The second-order valence-electron chi connectivity index (χ2n) is 4.84. The van der Waals surface area contributed by atoms with E-state index in [1.54, 1.807) is 25.6 Å². The molecule has 1 atom stereocenters. The predicted molar refractivity (Wildman–Crippen MR) is 79.5 cm³/mol. The van der Waals surface area contributed by atoms with Crippen molar-refractivity contribution in [3.8, 4) is 11.6 Å². The maximum absolute atomic E-state index is 5.68. The summed E-state index contributed by atoms with van der Waals surface area (Å²) in [5.41, 5.74) is 1.76. The molecule has 6 heteroatoms. The Bertz CT molecular complexity index is 572. The van der Waals surface area contributed by atoms with Gasteiger partial charge in [-0.05, 0) is 38.6 Å². The highest BCUT2D eigenvalue weighted by Gasteiger charge is 2.15. The molecule has 0 fully saturated rings. The fourth-order valence-corrected chi connectivity index (χ4v) is 2.01. The molecule has 0 radical (unpaired) electrons. The van der Waals surface area contributed by atoms with Gasteiger partial charge in [0, 0.05) is 12.3 Å². The van der Waals surface area contributed by atoms with Gasteiger partial charge < -0.3 is 14.8 Å². The maximum Gasteiger partial charge on any atom is 0.233 e. The normalized spacial score (nSPS) is 12.2. The van der Waals surface area contributed by atoms with E-state index in [2.05, 4.69) is 20.5 Å². The van der Waals surface area contributed by atoms with E-state index >= 15 is 0 Å². The van der Waals surface area contributed by atoms with Crippen molar-refractivity contribution in [1.29, 1.82) is 0 Å². The highest BCUT2D eigenvalue weighted by molar-refractivity contribution is 5.31. The van der Waals surface area contributed by atoms with Crippen LogP contribution in [-0.2, 0) is 0 Å². The van der Waals surface area contributed by atoms with Gasteiger partial charge in [-0.2, -0.15) is 0 Å². The SMILES string of the molecule is CNC(c1cncc(OC(C)C)c1)c1ccc(OC)nn1. The van der Waals surface area contributed by atoms with E-state index in [0.29, 0.717) is 5.88 Å². The Kier molecular flexibility index (Phi) is 5.05. The summed E-state index contributed by atoms with van der Waals surface area (Å²) in [5, 5.41) is 11.4. The van der Waals surface area contributed by atoms with Crippen LogP contribution < -0.4 is 14.8 Å². The van der Waals surface area contributed by atoms with Crippen molar-refractivity contribution in [2.24, 2.45) is 0 Å². The lowest BCUT2D eigenvalue weighted by atomic mass is 10.1. The molecule has 0 aromatic carbocycles. The van der Waals surface area contributed by atoms with Gasteiger partial charge in [-0.25, -0.2) is 0 Å². The Morgan fingerprint density at radius 1 is 1.14 bits per heavy atom. The Hall–Kier alpha value is -2.21. The maximum atomic E-state index is 5.68. The fourth-order valence-electron chi connectivity index (χ4n) is 2.01. The minimum atomic E-state index is -0.105. The van der Waals surface area contributed by atoms with Gasteiger partial charge in [0.15, 0.2) is 0 Å². The minimum Gasteiger partial charge on any atom is -0.489 e. The molecule has 0 saturated carbocycles. The summed E-state index contributed by atoms with van der Waals surface area (Å²) >= 11 is 0. The Morgan fingerprint density at radius 3 is 2.52 bits per heavy atom. The van der Waals surface area contributed by atoms with E-state index in [9.17, 15) is 0 Å². The molecule has 0 amide bonds. The van der Waals surface area contributed by atoms with Crippen molar-refractivity contribution in [3.63, 3.8) is 0 Å². The first-order chi connectivity index (χ1) is 10.1. The first-order valence-corrected chi connectivity index (χ1v) is 6.80. The van der Waals surface area contributed by atoms with E-state index < -0.39 is 0 Å². The van der Waals surface area contributed by atoms with Crippen LogP contribution in [0.2, 0.25) is 0 Å². The van der Waals surface area contributed by atoms with Gasteiger partial charge in [0.05, 0.1) is 31.1 Å². The van der Waals surface area contributed by atoms with E-state index in [-0.39, 0.29) is 12.1 Å². The van der Waals surface area contributed by atoms with Crippen molar-refractivity contribution in [2.75, 3.05) is 14.2 Å². The van der Waals surface area contributed by atoms with E-state index in [4.69, 9.17) is 9.47 Å². The standard InChI is InChI=1S/C15H20N4O2/c1-10(2)21-12-7-11(8-17-9-12)15(16-3)13-5-6-14(20-4)19-18-13/h5-10,15-16H,1-4H3. The zero-order valence-corrected chi connectivity index (χ0v) is 12.7. The number of hydrogen-bond donors (Lipinski definition) is 1. The van der Waals surface area contributed by atoms with Gasteiger partial charge in [0.1, 0.15) is 5.75 Å². The first-order valence-electron chi connectivity index (χ1n) is 6.80. The zero-order chi connectivity index (χ0) is 15.2. The molecule has 112 valence electrons. The second kappa shape index (κ2) is 6.99. The summed E-state index contributed by atoms with van der Waals surface area (Å²) in [4.78, 5) is 4.23. The van der Waals surface area contributed by atoms with Gasteiger partial charge in [-0.1, -0.05) is 0 Å². The van der Waals surface area contributed by atoms with E-state index in [0.717, 1.165) is 17.0 Å². The molecule has 0 spiro atoms. The van der Waals surface area contributed by atoms with Crippen LogP contribution >= 0.6 is 0 Å².